The number of ether oxygens (including phenoxy) is 1. The van der Waals surface area contributed by atoms with Crippen LogP contribution in [0.25, 0.3) is 22.6 Å². The van der Waals surface area contributed by atoms with Crippen molar-refractivity contribution in [3.63, 3.8) is 0 Å². The van der Waals surface area contributed by atoms with Crippen LogP contribution in [0.4, 0.5) is 0 Å². The van der Waals surface area contributed by atoms with Crippen molar-refractivity contribution < 1.29 is 9.15 Å². The lowest BCUT2D eigenvalue weighted by Crippen LogP contribution is -2.23. The van der Waals surface area contributed by atoms with E-state index in [2.05, 4.69) is 30.4 Å². The average Bonchev–Trinajstić information content (AvgIpc) is 3.31. The van der Waals surface area contributed by atoms with Crippen LogP contribution < -0.4 is 0 Å². The van der Waals surface area contributed by atoms with E-state index in [1.807, 2.05) is 13.0 Å². The second-order valence-electron chi connectivity index (χ2n) is 7.50. The molecule has 1 N–H and O–H groups in total. The predicted molar refractivity (Wildman–Crippen MR) is 101 cm³/mol. The maximum Gasteiger partial charge on any atom is 0.175 e. The molecule has 0 spiro atoms. The highest BCUT2D eigenvalue weighted by Crippen LogP contribution is 2.32. The predicted octanol–water partition coefficient (Wildman–Crippen LogP) is 4.89. The molecule has 0 aliphatic carbocycles. The van der Waals surface area contributed by atoms with Crippen molar-refractivity contribution in [2.75, 3.05) is 13.2 Å². The summed E-state index contributed by atoms with van der Waals surface area (Å²) in [5.74, 6) is 3.12. The van der Waals surface area contributed by atoms with Crippen molar-refractivity contribution in [1.29, 1.82) is 0 Å². The van der Waals surface area contributed by atoms with E-state index < -0.39 is 0 Å². The van der Waals surface area contributed by atoms with E-state index >= 15 is 0 Å². The molecule has 6 heteroatoms. The molecule has 3 aromatic rings. The minimum absolute atomic E-state index is 0.242. The van der Waals surface area contributed by atoms with Gasteiger partial charge in [-0.25, -0.2) is 9.67 Å². The lowest BCUT2D eigenvalue weighted by Gasteiger charge is -2.23. The number of aromatic nitrogens is 4. The van der Waals surface area contributed by atoms with Gasteiger partial charge in [-0.15, -0.1) is 0 Å². The van der Waals surface area contributed by atoms with Gasteiger partial charge in [0.05, 0.1) is 23.9 Å². The summed E-state index contributed by atoms with van der Waals surface area (Å²) >= 11 is 0. The topological polar surface area (TPSA) is 68.9 Å². The molecule has 1 fully saturated rings. The zero-order valence-electron chi connectivity index (χ0n) is 16.1. The van der Waals surface area contributed by atoms with E-state index in [9.17, 15) is 0 Å². The molecular weight excluding hydrogens is 328 g/mol. The molecule has 0 aromatic carbocycles. The Kier molecular flexibility index (Phi) is 4.61. The Morgan fingerprint density at radius 2 is 2.23 bits per heavy atom. The molecule has 1 saturated heterocycles. The van der Waals surface area contributed by atoms with E-state index in [-0.39, 0.29) is 6.04 Å². The van der Waals surface area contributed by atoms with Gasteiger partial charge < -0.3 is 14.1 Å². The number of aromatic amines is 1. The van der Waals surface area contributed by atoms with E-state index in [1.54, 1.807) is 0 Å². The van der Waals surface area contributed by atoms with E-state index in [4.69, 9.17) is 19.2 Å². The highest BCUT2D eigenvalue weighted by Gasteiger charge is 2.25. The van der Waals surface area contributed by atoms with Crippen LogP contribution in [0.15, 0.2) is 10.5 Å². The number of rotatable bonds is 5. The molecule has 0 amide bonds. The number of H-pyrrole nitrogens is 1. The largest absolute Gasteiger partial charge is 0.459 e. The van der Waals surface area contributed by atoms with Gasteiger partial charge >= 0.3 is 0 Å². The van der Waals surface area contributed by atoms with Gasteiger partial charge in [0.25, 0.3) is 0 Å². The first-order valence-electron chi connectivity index (χ1n) is 9.71. The first-order valence-corrected chi connectivity index (χ1v) is 9.71. The second kappa shape index (κ2) is 6.91. The first kappa shape index (κ1) is 17.3. The van der Waals surface area contributed by atoms with Crippen LogP contribution in [0.1, 0.15) is 68.6 Å². The van der Waals surface area contributed by atoms with Crippen molar-refractivity contribution in [3.05, 3.63) is 23.2 Å². The lowest BCUT2D eigenvalue weighted by atomic mass is 10.1. The molecule has 140 valence electrons. The van der Waals surface area contributed by atoms with Gasteiger partial charge in [0.1, 0.15) is 5.76 Å². The van der Waals surface area contributed by atoms with E-state index in [1.165, 1.54) is 0 Å². The third-order valence-electron chi connectivity index (χ3n) is 5.48. The Labute approximate surface area is 153 Å². The van der Waals surface area contributed by atoms with Gasteiger partial charge in [-0.1, -0.05) is 20.3 Å². The Hall–Kier alpha value is -2.08. The fraction of sp³-hybridized carbons (Fsp3) is 0.600. The summed E-state index contributed by atoms with van der Waals surface area (Å²) in [5.41, 5.74) is 4.05. The standard InChI is InChI=1S/C20H28N4O2/c1-5-7-12(2)19-22-20(24(23-19)15-8-6-9-25-11-15)16-10-17-18(21-16)13(3)14(4)26-17/h10,12,15,21H,5-9,11H2,1-4H3. The maximum absolute atomic E-state index is 5.87. The van der Waals surface area contributed by atoms with Crippen molar-refractivity contribution in [2.24, 2.45) is 0 Å². The molecule has 4 heterocycles. The number of fused-ring (bicyclic) bond motifs is 1. The van der Waals surface area contributed by atoms with Crippen molar-refractivity contribution >= 4 is 11.1 Å². The third-order valence-corrected chi connectivity index (χ3v) is 5.48. The molecule has 1 aliphatic rings. The molecule has 6 nitrogen and oxygen atoms in total. The Morgan fingerprint density at radius 3 is 2.92 bits per heavy atom. The number of furan rings is 1. The minimum atomic E-state index is 0.242. The zero-order chi connectivity index (χ0) is 18.3. The van der Waals surface area contributed by atoms with Crippen molar-refractivity contribution in [3.8, 4) is 11.5 Å². The summed E-state index contributed by atoms with van der Waals surface area (Å²) in [7, 11) is 0. The molecule has 1 aliphatic heterocycles. The number of hydrogen-bond donors (Lipinski definition) is 1. The molecule has 26 heavy (non-hydrogen) atoms. The van der Waals surface area contributed by atoms with Gasteiger partial charge in [-0.2, -0.15) is 5.10 Å². The smallest absolute Gasteiger partial charge is 0.175 e. The van der Waals surface area contributed by atoms with Crippen LogP contribution in [-0.2, 0) is 4.74 Å². The van der Waals surface area contributed by atoms with Gasteiger partial charge in [0.15, 0.2) is 17.2 Å². The van der Waals surface area contributed by atoms with E-state index in [0.29, 0.717) is 12.5 Å². The fourth-order valence-electron chi connectivity index (χ4n) is 3.80. The van der Waals surface area contributed by atoms with Crippen molar-refractivity contribution in [2.45, 2.75) is 65.3 Å². The highest BCUT2D eigenvalue weighted by atomic mass is 16.5. The van der Waals surface area contributed by atoms with Crippen LogP contribution >= 0.6 is 0 Å². The lowest BCUT2D eigenvalue weighted by molar-refractivity contribution is 0.0553. The maximum atomic E-state index is 5.87. The molecule has 0 radical (unpaired) electrons. The minimum Gasteiger partial charge on any atom is -0.459 e. The van der Waals surface area contributed by atoms with Gasteiger partial charge in [0, 0.05) is 24.2 Å². The Bertz CT molecular complexity index is 899. The fourth-order valence-corrected chi connectivity index (χ4v) is 3.80. The Balaban J connectivity index is 1.78. The quantitative estimate of drug-likeness (QED) is 0.706. The molecule has 4 rings (SSSR count). The van der Waals surface area contributed by atoms with Crippen LogP contribution in [0, 0.1) is 13.8 Å². The summed E-state index contributed by atoms with van der Waals surface area (Å²) in [6.07, 6.45) is 4.36. The summed E-state index contributed by atoms with van der Waals surface area (Å²) in [5, 5.41) is 4.90. The van der Waals surface area contributed by atoms with Crippen LogP contribution in [0.5, 0.6) is 0 Å². The molecule has 2 atom stereocenters. The SMILES string of the molecule is CCCC(C)c1nc(-c2cc3oc(C)c(C)c3[nH]2)n(C2CCCOC2)n1. The van der Waals surface area contributed by atoms with Gasteiger partial charge in [-0.05, 0) is 33.1 Å². The van der Waals surface area contributed by atoms with Crippen molar-refractivity contribution in [1.82, 2.24) is 19.7 Å². The molecular formula is C20H28N4O2. The van der Waals surface area contributed by atoms with Crippen LogP contribution in [0.3, 0.4) is 0 Å². The number of nitrogens with one attached hydrogen (secondary N) is 1. The monoisotopic (exact) mass is 356 g/mol. The zero-order valence-corrected chi connectivity index (χ0v) is 16.1. The number of hydrogen-bond acceptors (Lipinski definition) is 4. The average molecular weight is 356 g/mol. The van der Waals surface area contributed by atoms with Gasteiger partial charge in [-0.3, -0.25) is 0 Å². The summed E-state index contributed by atoms with van der Waals surface area (Å²) in [4.78, 5) is 8.43. The van der Waals surface area contributed by atoms with E-state index in [0.717, 1.165) is 72.1 Å². The molecule has 3 aromatic heterocycles. The van der Waals surface area contributed by atoms with Crippen LogP contribution in [-0.4, -0.2) is 33.0 Å². The number of nitrogens with zero attached hydrogens (tertiary/aromatic N) is 3. The number of aryl methyl sites for hydroxylation is 2. The summed E-state index contributed by atoms with van der Waals surface area (Å²) in [6.45, 7) is 10.0. The molecule has 0 bridgehead atoms. The highest BCUT2D eigenvalue weighted by molar-refractivity contribution is 5.83. The first-order chi connectivity index (χ1) is 12.6. The van der Waals surface area contributed by atoms with Gasteiger partial charge in [0.2, 0.25) is 0 Å². The Morgan fingerprint density at radius 1 is 1.38 bits per heavy atom. The summed E-state index contributed by atoms with van der Waals surface area (Å²) in [6, 6.07) is 2.29. The molecule has 0 saturated carbocycles. The summed E-state index contributed by atoms with van der Waals surface area (Å²) < 4.78 is 13.6. The third kappa shape index (κ3) is 2.96. The van der Waals surface area contributed by atoms with Crippen LogP contribution in [0.2, 0.25) is 0 Å². The molecule has 2 unspecified atom stereocenters. The normalized spacial score (nSPS) is 19.3. The second-order valence-corrected chi connectivity index (χ2v) is 7.50.